The summed E-state index contributed by atoms with van der Waals surface area (Å²) in [6.07, 6.45) is 3.91. The lowest BCUT2D eigenvalue weighted by molar-refractivity contribution is 0.104. The lowest BCUT2D eigenvalue weighted by Crippen LogP contribution is -1.98. The molecule has 2 heterocycles. The zero-order valence-corrected chi connectivity index (χ0v) is 9.45. The molecule has 0 saturated heterocycles. The molecular weight excluding hydrogens is 222 g/mol. The van der Waals surface area contributed by atoms with Crippen LogP contribution in [0.3, 0.4) is 0 Å². The van der Waals surface area contributed by atoms with Gasteiger partial charge in [0, 0.05) is 28.4 Å². The third-order valence-corrected chi connectivity index (χ3v) is 3.30. The molecular formula is C12H9NO2S. The Morgan fingerprint density at radius 2 is 2.31 bits per heavy atom. The number of rotatable bonds is 3. The fourth-order valence-electron chi connectivity index (χ4n) is 1.36. The Morgan fingerprint density at radius 1 is 1.50 bits per heavy atom. The molecule has 0 atom stereocenters. The molecule has 0 radical (unpaired) electrons. The molecule has 80 valence electrons. The van der Waals surface area contributed by atoms with Gasteiger partial charge in [0.1, 0.15) is 0 Å². The first-order valence-electron chi connectivity index (χ1n) is 4.72. The normalized spacial score (nSPS) is 10.1. The minimum absolute atomic E-state index is 0.0886. The predicted molar refractivity (Wildman–Crippen MR) is 62.1 cm³/mol. The van der Waals surface area contributed by atoms with Crippen molar-refractivity contribution in [3.63, 3.8) is 0 Å². The standard InChI is InChI=1S/C12H9NO2S/c1-8-10(7-14)5-11(16-8)12(15)9-3-2-4-13-6-9/h2-7H,1H3. The number of aromatic nitrogens is 1. The van der Waals surface area contributed by atoms with E-state index < -0.39 is 0 Å². The highest BCUT2D eigenvalue weighted by molar-refractivity contribution is 7.14. The summed E-state index contributed by atoms with van der Waals surface area (Å²) in [5.41, 5.74) is 1.12. The second kappa shape index (κ2) is 4.37. The van der Waals surface area contributed by atoms with Gasteiger partial charge in [-0.3, -0.25) is 14.6 Å². The van der Waals surface area contributed by atoms with Gasteiger partial charge in [-0.2, -0.15) is 0 Å². The van der Waals surface area contributed by atoms with Gasteiger partial charge in [-0.25, -0.2) is 0 Å². The van der Waals surface area contributed by atoms with Crippen LogP contribution in [0.15, 0.2) is 30.6 Å². The summed E-state index contributed by atoms with van der Waals surface area (Å²) >= 11 is 1.33. The van der Waals surface area contributed by atoms with Gasteiger partial charge in [-0.1, -0.05) is 0 Å². The number of thiophene rings is 1. The Balaban J connectivity index is 2.38. The van der Waals surface area contributed by atoms with Crippen molar-refractivity contribution in [2.45, 2.75) is 6.92 Å². The van der Waals surface area contributed by atoms with E-state index in [-0.39, 0.29) is 5.78 Å². The van der Waals surface area contributed by atoms with Gasteiger partial charge in [0.2, 0.25) is 5.78 Å². The molecule has 2 aromatic rings. The molecule has 16 heavy (non-hydrogen) atoms. The average molecular weight is 231 g/mol. The van der Waals surface area contributed by atoms with Crippen LogP contribution in [0, 0.1) is 6.92 Å². The largest absolute Gasteiger partial charge is 0.298 e. The topological polar surface area (TPSA) is 47.0 Å². The molecule has 0 fully saturated rings. The van der Waals surface area contributed by atoms with Gasteiger partial charge in [0.05, 0.1) is 4.88 Å². The molecule has 0 aliphatic heterocycles. The number of carbonyl (C=O) groups is 2. The molecule has 0 amide bonds. The smallest absolute Gasteiger partial charge is 0.204 e. The van der Waals surface area contributed by atoms with Crippen LogP contribution >= 0.6 is 11.3 Å². The van der Waals surface area contributed by atoms with Crippen molar-refractivity contribution in [2.75, 3.05) is 0 Å². The fraction of sp³-hybridized carbons (Fsp3) is 0.0833. The van der Waals surface area contributed by atoms with Crippen LogP contribution in [0.4, 0.5) is 0 Å². The number of pyridine rings is 1. The zero-order chi connectivity index (χ0) is 11.5. The third kappa shape index (κ3) is 1.92. The predicted octanol–water partition coefficient (Wildman–Crippen LogP) is 2.50. The quantitative estimate of drug-likeness (QED) is 0.602. The summed E-state index contributed by atoms with van der Waals surface area (Å²) in [6, 6.07) is 5.06. The Labute approximate surface area is 96.8 Å². The maximum Gasteiger partial charge on any atom is 0.204 e. The van der Waals surface area contributed by atoms with Crippen molar-refractivity contribution in [1.29, 1.82) is 0 Å². The van der Waals surface area contributed by atoms with Crippen LogP contribution in [0.5, 0.6) is 0 Å². The molecule has 0 saturated carbocycles. The summed E-state index contributed by atoms with van der Waals surface area (Å²) < 4.78 is 0. The second-order valence-electron chi connectivity index (χ2n) is 3.31. The van der Waals surface area contributed by atoms with Crippen molar-refractivity contribution in [1.82, 2.24) is 4.98 Å². The first kappa shape index (κ1) is 10.7. The van der Waals surface area contributed by atoms with Crippen LogP contribution in [0.2, 0.25) is 0 Å². The van der Waals surface area contributed by atoms with Crippen LogP contribution in [-0.2, 0) is 0 Å². The van der Waals surface area contributed by atoms with E-state index in [2.05, 4.69) is 4.98 Å². The number of hydrogen-bond acceptors (Lipinski definition) is 4. The first-order chi connectivity index (χ1) is 7.72. The van der Waals surface area contributed by atoms with Crippen LogP contribution < -0.4 is 0 Å². The third-order valence-electron chi connectivity index (χ3n) is 2.23. The molecule has 3 nitrogen and oxygen atoms in total. The zero-order valence-electron chi connectivity index (χ0n) is 8.64. The lowest BCUT2D eigenvalue weighted by Gasteiger charge is -1.95. The van der Waals surface area contributed by atoms with Gasteiger partial charge in [-0.15, -0.1) is 11.3 Å². The number of hydrogen-bond donors (Lipinski definition) is 0. The molecule has 2 aromatic heterocycles. The maximum absolute atomic E-state index is 12.0. The van der Waals surface area contributed by atoms with Crippen molar-refractivity contribution < 1.29 is 9.59 Å². The van der Waals surface area contributed by atoms with E-state index in [1.54, 1.807) is 24.4 Å². The highest BCUT2D eigenvalue weighted by Crippen LogP contribution is 2.22. The Hall–Kier alpha value is -1.81. The van der Waals surface area contributed by atoms with Gasteiger partial charge in [0.15, 0.2) is 6.29 Å². The number of aldehydes is 1. The molecule has 0 N–H and O–H groups in total. The van der Waals surface area contributed by atoms with Crippen LogP contribution in [0.1, 0.15) is 30.5 Å². The summed E-state index contributed by atoms with van der Waals surface area (Å²) in [7, 11) is 0. The first-order valence-corrected chi connectivity index (χ1v) is 5.54. The SMILES string of the molecule is Cc1sc(C(=O)c2cccnc2)cc1C=O. The molecule has 0 bridgehead atoms. The van der Waals surface area contributed by atoms with Crippen molar-refractivity contribution in [2.24, 2.45) is 0 Å². The van der Waals surface area contributed by atoms with E-state index in [1.807, 2.05) is 6.92 Å². The van der Waals surface area contributed by atoms with Gasteiger partial charge in [0.25, 0.3) is 0 Å². The van der Waals surface area contributed by atoms with Crippen molar-refractivity contribution in [3.05, 3.63) is 51.5 Å². The highest BCUT2D eigenvalue weighted by atomic mass is 32.1. The summed E-state index contributed by atoms with van der Waals surface area (Å²) in [4.78, 5) is 28.0. The lowest BCUT2D eigenvalue weighted by atomic mass is 10.1. The maximum atomic E-state index is 12.0. The van der Waals surface area contributed by atoms with Crippen molar-refractivity contribution >= 4 is 23.4 Å². The molecule has 0 spiro atoms. The monoisotopic (exact) mass is 231 g/mol. The number of carbonyl (C=O) groups excluding carboxylic acids is 2. The van der Waals surface area contributed by atoms with E-state index in [9.17, 15) is 9.59 Å². The Kier molecular flexibility index (Phi) is 2.92. The molecule has 2 rings (SSSR count). The molecule has 4 heteroatoms. The van der Waals surface area contributed by atoms with E-state index in [1.165, 1.54) is 17.5 Å². The Morgan fingerprint density at radius 3 is 2.88 bits per heavy atom. The van der Waals surface area contributed by atoms with E-state index in [0.29, 0.717) is 16.0 Å². The van der Waals surface area contributed by atoms with Gasteiger partial charge in [-0.05, 0) is 25.1 Å². The van der Waals surface area contributed by atoms with Gasteiger partial charge < -0.3 is 0 Å². The summed E-state index contributed by atoms with van der Waals surface area (Å²) in [5, 5.41) is 0. The number of ketones is 1. The minimum Gasteiger partial charge on any atom is -0.298 e. The van der Waals surface area contributed by atoms with Crippen LogP contribution in [-0.4, -0.2) is 17.1 Å². The summed E-state index contributed by atoms with van der Waals surface area (Å²) in [5.74, 6) is -0.0886. The minimum atomic E-state index is -0.0886. The van der Waals surface area contributed by atoms with Gasteiger partial charge >= 0.3 is 0 Å². The van der Waals surface area contributed by atoms with Crippen molar-refractivity contribution in [3.8, 4) is 0 Å². The van der Waals surface area contributed by atoms with E-state index in [4.69, 9.17) is 0 Å². The fourth-order valence-corrected chi connectivity index (χ4v) is 2.32. The molecule has 0 aromatic carbocycles. The molecule has 0 unspecified atom stereocenters. The summed E-state index contributed by atoms with van der Waals surface area (Å²) in [6.45, 7) is 1.83. The molecule has 0 aliphatic rings. The van der Waals surface area contributed by atoms with E-state index in [0.717, 1.165) is 11.2 Å². The van der Waals surface area contributed by atoms with Crippen LogP contribution in [0.25, 0.3) is 0 Å². The number of aryl methyl sites for hydroxylation is 1. The van der Waals surface area contributed by atoms with E-state index >= 15 is 0 Å². The highest BCUT2D eigenvalue weighted by Gasteiger charge is 2.13. The number of nitrogens with zero attached hydrogens (tertiary/aromatic N) is 1. The average Bonchev–Trinajstić information content (AvgIpc) is 2.71. The Bertz CT molecular complexity index is 531. The molecule has 0 aliphatic carbocycles. The second-order valence-corrected chi connectivity index (χ2v) is 4.57.